The third-order valence-corrected chi connectivity index (χ3v) is 7.29. The summed E-state index contributed by atoms with van der Waals surface area (Å²) in [5, 5.41) is 21.4. The maximum absolute atomic E-state index is 12.9. The van der Waals surface area contributed by atoms with E-state index in [4.69, 9.17) is 4.18 Å². The minimum absolute atomic E-state index is 0.0348. The van der Waals surface area contributed by atoms with Crippen LogP contribution in [0.1, 0.15) is 11.1 Å². The number of nitrogens with zero attached hydrogens (tertiary/aromatic N) is 3. The van der Waals surface area contributed by atoms with Crippen molar-refractivity contribution in [2.75, 3.05) is 0 Å². The number of rotatable bonds is 8. The molecule has 188 valence electrons. The molecule has 0 aliphatic carbocycles. The summed E-state index contributed by atoms with van der Waals surface area (Å²) in [6.45, 7) is -0.314. The first-order valence-corrected chi connectivity index (χ1v) is 12.5. The summed E-state index contributed by atoms with van der Waals surface area (Å²) in [7, 11) is -4.39. The van der Waals surface area contributed by atoms with E-state index in [1.165, 1.54) is 42.5 Å². The fourth-order valence-electron chi connectivity index (χ4n) is 3.35. The van der Waals surface area contributed by atoms with Crippen molar-refractivity contribution in [1.29, 1.82) is 0 Å². The molecule has 3 aromatic carbocycles. The quantitative estimate of drug-likeness (QED) is 0.171. The first-order valence-electron chi connectivity index (χ1n) is 10.3. The Morgan fingerprint density at radius 1 is 0.892 bits per heavy atom. The Morgan fingerprint density at radius 3 is 2.22 bits per heavy atom. The van der Waals surface area contributed by atoms with Gasteiger partial charge in [-0.25, -0.2) is 0 Å². The molecule has 1 saturated heterocycles. The van der Waals surface area contributed by atoms with Gasteiger partial charge < -0.3 is 4.18 Å². The van der Waals surface area contributed by atoms with E-state index in [-0.39, 0.29) is 44.6 Å². The molecule has 0 unspecified atom stereocenters. The minimum Gasteiger partial charge on any atom is -0.378 e. The fourth-order valence-corrected chi connectivity index (χ4v) is 5.13. The van der Waals surface area contributed by atoms with Crippen molar-refractivity contribution < 1.29 is 32.0 Å². The van der Waals surface area contributed by atoms with Gasteiger partial charge in [0.15, 0.2) is 0 Å². The number of carbonyl (C=O) groups is 2. The maximum Gasteiger partial charge on any atom is 0.339 e. The maximum atomic E-state index is 12.9. The molecule has 1 aliphatic rings. The van der Waals surface area contributed by atoms with Gasteiger partial charge in [-0.1, -0.05) is 36.4 Å². The largest absolute Gasteiger partial charge is 0.378 e. The molecule has 2 amide bonds. The van der Waals surface area contributed by atoms with Crippen molar-refractivity contribution in [3.05, 3.63) is 109 Å². The highest BCUT2D eigenvalue weighted by molar-refractivity contribution is 8.18. The lowest BCUT2D eigenvalue weighted by atomic mass is 10.1. The van der Waals surface area contributed by atoms with Crippen LogP contribution < -0.4 is 4.18 Å². The summed E-state index contributed by atoms with van der Waals surface area (Å²) in [4.78, 5) is 46.8. The lowest BCUT2D eigenvalue weighted by Crippen LogP contribution is -2.27. The Hall–Kier alpha value is -4.56. The highest BCUT2D eigenvalue weighted by Crippen LogP contribution is 2.36. The smallest absolute Gasteiger partial charge is 0.339 e. The van der Waals surface area contributed by atoms with Crippen LogP contribution in [-0.4, -0.2) is 34.3 Å². The standard InChI is InChI=1S/C23H15N3O9S2/c27-22-21(36-23(28)24(22)14-16-6-1-3-7-19(16)26(31)32)13-15-5-2-4-8-20(15)35-37(33,34)18-11-9-17(10-12-18)25(29)30/h1-13H,14H2/b21-13-. The molecule has 1 fully saturated rings. The second-order valence-electron chi connectivity index (χ2n) is 7.48. The number of amides is 2. The third-order valence-electron chi connectivity index (χ3n) is 5.13. The van der Waals surface area contributed by atoms with Crippen molar-refractivity contribution in [3.63, 3.8) is 0 Å². The highest BCUT2D eigenvalue weighted by Gasteiger charge is 2.36. The summed E-state index contributed by atoms with van der Waals surface area (Å²) in [6, 6.07) is 15.7. The van der Waals surface area contributed by atoms with E-state index < -0.39 is 31.1 Å². The average molecular weight is 542 g/mol. The molecular weight excluding hydrogens is 526 g/mol. The van der Waals surface area contributed by atoms with Crippen molar-refractivity contribution in [1.82, 2.24) is 4.90 Å². The van der Waals surface area contributed by atoms with E-state index in [0.29, 0.717) is 11.8 Å². The van der Waals surface area contributed by atoms with E-state index in [1.807, 2.05) is 0 Å². The number of thioether (sulfide) groups is 1. The zero-order valence-electron chi connectivity index (χ0n) is 18.5. The number of non-ortho nitro benzene ring substituents is 1. The Morgan fingerprint density at radius 2 is 1.54 bits per heavy atom. The summed E-state index contributed by atoms with van der Waals surface area (Å²) < 4.78 is 30.7. The van der Waals surface area contributed by atoms with E-state index in [0.717, 1.165) is 29.2 Å². The molecule has 14 heteroatoms. The van der Waals surface area contributed by atoms with Crippen LogP contribution >= 0.6 is 11.8 Å². The second kappa shape index (κ2) is 10.2. The number of imide groups is 1. The van der Waals surface area contributed by atoms with Gasteiger partial charge >= 0.3 is 10.1 Å². The molecule has 3 aromatic rings. The summed E-state index contributed by atoms with van der Waals surface area (Å²) in [5.41, 5.74) is -0.185. The van der Waals surface area contributed by atoms with Crippen LogP contribution in [0.25, 0.3) is 6.08 Å². The fraction of sp³-hybridized carbons (Fsp3) is 0.0435. The van der Waals surface area contributed by atoms with Gasteiger partial charge in [0.1, 0.15) is 10.6 Å². The van der Waals surface area contributed by atoms with Crippen molar-refractivity contribution in [3.8, 4) is 5.75 Å². The van der Waals surface area contributed by atoms with E-state index >= 15 is 0 Å². The predicted molar refractivity (Wildman–Crippen MR) is 132 cm³/mol. The molecule has 4 rings (SSSR count). The number of benzene rings is 3. The summed E-state index contributed by atoms with van der Waals surface area (Å²) in [5.74, 6) is -0.854. The average Bonchev–Trinajstić information content (AvgIpc) is 3.12. The third kappa shape index (κ3) is 5.49. The van der Waals surface area contributed by atoms with Crippen LogP contribution in [0.3, 0.4) is 0 Å². The lowest BCUT2D eigenvalue weighted by Gasteiger charge is -2.12. The molecule has 1 aliphatic heterocycles. The number of hydrogen-bond donors (Lipinski definition) is 0. The SMILES string of the molecule is O=C1S/C(=C\c2ccccc2OS(=O)(=O)c2ccc([N+](=O)[O-])cc2)C(=O)N1Cc1ccccc1[N+](=O)[O-]. The molecule has 12 nitrogen and oxygen atoms in total. The Kier molecular flexibility index (Phi) is 7.04. The molecule has 0 atom stereocenters. The van der Waals surface area contributed by atoms with Gasteiger partial charge in [-0.3, -0.25) is 34.7 Å². The first kappa shape index (κ1) is 25.5. The van der Waals surface area contributed by atoms with Gasteiger partial charge in [0, 0.05) is 29.3 Å². The molecule has 1 heterocycles. The Labute approximate surface area is 213 Å². The Balaban J connectivity index is 1.59. The number of hydrogen-bond acceptors (Lipinski definition) is 10. The molecule has 0 N–H and O–H groups in total. The number of nitro groups is 2. The Bertz CT molecular complexity index is 1570. The molecule has 37 heavy (non-hydrogen) atoms. The zero-order chi connectivity index (χ0) is 26.7. The molecular formula is C23H15N3O9S2. The topological polar surface area (TPSA) is 167 Å². The van der Waals surface area contributed by atoms with Crippen LogP contribution in [-0.2, 0) is 21.5 Å². The molecule has 0 saturated carbocycles. The molecule has 0 aromatic heterocycles. The highest BCUT2D eigenvalue weighted by atomic mass is 32.2. The van der Waals surface area contributed by atoms with Gasteiger partial charge in [0.25, 0.3) is 22.5 Å². The van der Waals surface area contributed by atoms with E-state index in [2.05, 4.69) is 0 Å². The first-order chi connectivity index (χ1) is 17.6. The van der Waals surface area contributed by atoms with Gasteiger partial charge in [0.05, 0.1) is 21.3 Å². The number of nitro benzene ring substituents is 2. The van der Waals surface area contributed by atoms with Gasteiger partial charge in [0.2, 0.25) is 0 Å². The van der Waals surface area contributed by atoms with Gasteiger partial charge in [-0.15, -0.1) is 0 Å². The summed E-state index contributed by atoms with van der Waals surface area (Å²) >= 11 is 0.597. The van der Waals surface area contributed by atoms with Crippen LogP contribution in [0, 0.1) is 20.2 Å². The van der Waals surface area contributed by atoms with Crippen LogP contribution in [0.4, 0.5) is 16.2 Å². The monoisotopic (exact) mass is 541 g/mol. The molecule has 0 radical (unpaired) electrons. The van der Waals surface area contributed by atoms with Crippen LogP contribution in [0.5, 0.6) is 5.75 Å². The normalized spacial score (nSPS) is 14.7. The lowest BCUT2D eigenvalue weighted by molar-refractivity contribution is -0.385. The predicted octanol–water partition coefficient (Wildman–Crippen LogP) is 4.51. The van der Waals surface area contributed by atoms with E-state index in [1.54, 1.807) is 12.1 Å². The van der Waals surface area contributed by atoms with Gasteiger partial charge in [-0.2, -0.15) is 8.42 Å². The van der Waals surface area contributed by atoms with Crippen molar-refractivity contribution in [2.24, 2.45) is 0 Å². The van der Waals surface area contributed by atoms with Crippen LogP contribution in [0.15, 0.2) is 82.6 Å². The molecule has 0 bridgehead atoms. The zero-order valence-corrected chi connectivity index (χ0v) is 20.2. The summed E-state index contributed by atoms with van der Waals surface area (Å²) in [6.07, 6.45) is 1.28. The minimum atomic E-state index is -4.39. The second-order valence-corrected chi connectivity index (χ2v) is 10.0. The van der Waals surface area contributed by atoms with Crippen LogP contribution in [0.2, 0.25) is 0 Å². The molecule has 0 spiro atoms. The van der Waals surface area contributed by atoms with Crippen molar-refractivity contribution in [2.45, 2.75) is 11.4 Å². The van der Waals surface area contributed by atoms with Crippen molar-refractivity contribution >= 4 is 50.5 Å². The van der Waals surface area contributed by atoms with E-state index in [9.17, 15) is 38.2 Å². The number of para-hydroxylation sites is 2. The van der Waals surface area contributed by atoms with Gasteiger partial charge in [-0.05, 0) is 36.0 Å². The number of carbonyl (C=O) groups excluding carboxylic acids is 2.